The number of morpholine rings is 1. The van der Waals surface area contributed by atoms with Gasteiger partial charge in [-0.05, 0) is 54.2 Å². The van der Waals surface area contributed by atoms with Gasteiger partial charge in [-0.1, -0.05) is 29.3 Å². The average Bonchev–Trinajstić information content (AvgIpc) is 3.90. The molecular formula is C33H37Cl2F2N3O8S. The van der Waals surface area contributed by atoms with E-state index in [0.717, 1.165) is 19.1 Å². The van der Waals surface area contributed by atoms with Crippen LogP contribution in [0.2, 0.25) is 10.0 Å². The molecule has 1 aliphatic carbocycles. The Hall–Kier alpha value is -3.43. The first kappa shape index (κ1) is 36.8. The molecule has 2 fully saturated rings. The fraction of sp³-hybridized carbons (Fsp3) is 0.455. The van der Waals surface area contributed by atoms with Gasteiger partial charge in [-0.15, -0.1) is 0 Å². The lowest BCUT2D eigenvalue weighted by atomic mass is 10.0. The highest BCUT2D eigenvalue weighted by Crippen LogP contribution is 2.38. The quantitative estimate of drug-likeness (QED) is 0.161. The van der Waals surface area contributed by atoms with Crippen LogP contribution < -0.4 is 18.5 Å². The number of halogens is 4. The van der Waals surface area contributed by atoms with Crippen molar-refractivity contribution in [2.45, 2.75) is 32.0 Å². The summed E-state index contributed by atoms with van der Waals surface area (Å²) in [5.41, 5.74) is 1.04. The SMILES string of the molecule is COc1cc(C(=O)O[C@@H](Cc2c(Cl)cncc2Cl)c2ccc(OC(F)F)c(OCC3CC3)c2)cc(N(CCN2CCOCC2)S(C)(=O)=O)c1. The third-order valence-corrected chi connectivity index (χ3v) is 9.94. The molecule has 0 radical (unpaired) electrons. The third-order valence-electron chi connectivity index (χ3n) is 8.09. The molecule has 0 spiro atoms. The Kier molecular flexibility index (Phi) is 12.4. The summed E-state index contributed by atoms with van der Waals surface area (Å²) in [6.07, 6.45) is 4.75. The number of rotatable bonds is 16. The molecule has 0 bridgehead atoms. The van der Waals surface area contributed by atoms with Gasteiger partial charge in [0.15, 0.2) is 11.5 Å². The second kappa shape index (κ2) is 16.5. The summed E-state index contributed by atoms with van der Waals surface area (Å²) in [5.74, 6) is -0.383. The molecule has 3 aromatic rings. The molecule has 16 heteroatoms. The van der Waals surface area contributed by atoms with Gasteiger partial charge >= 0.3 is 12.6 Å². The number of ether oxygens (including phenoxy) is 5. The summed E-state index contributed by atoms with van der Waals surface area (Å²) >= 11 is 12.9. The highest BCUT2D eigenvalue weighted by Gasteiger charge is 2.28. The fourth-order valence-corrected chi connectivity index (χ4v) is 6.69. The van der Waals surface area contributed by atoms with E-state index in [0.29, 0.717) is 56.5 Å². The zero-order valence-corrected chi connectivity index (χ0v) is 29.3. The lowest BCUT2D eigenvalue weighted by Gasteiger charge is -2.30. The first-order chi connectivity index (χ1) is 23.4. The van der Waals surface area contributed by atoms with E-state index in [-0.39, 0.29) is 51.5 Å². The van der Waals surface area contributed by atoms with E-state index in [2.05, 4.69) is 9.88 Å². The number of nitrogens with zero attached hydrogens (tertiary/aromatic N) is 3. The molecule has 49 heavy (non-hydrogen) atoms. The maximum absolute atomic E-state index is 13.9. The number of carbonyl (C=O) groups is 1. The number of anilines is 1. The van der Waals surface area contributed by atoms with Crippen LogP contribution >= 0.6 is 23.2 Å². The number of sulfonamides is 1. The van der Waals surface area contributed by atoms with Crippen molar-refractivity contribution in [2.75, 3.05) is 63.7 Å². The summed E-state index contributed by atoms with van der Waals surface area (Å²) < 4.78 is 81.1. The summed E-state index contributed by atoms with van der Waals surface area (Å²) in [6, 6.07) is 8.66. The molecule has 0 amide bonds. The molecule has 266 valence electrons. The Morgan fingerprint density at radius 2 is 1.80 bits per heavy atom. The van der Waals surface area contributed by atoms with Crippen LogP contribution in [0, 0.1) is 5.92 Å². The van der Waals surface area contributed by atoms with Crippen LogP contribution in [0.25, 0.3) is 0 Å². The second-order valence-corrected chi connectivity index (χ2v) is 14.4. The zero-order chi connectivity index (χ0) is 35.1. The highest BCUT2D eigenvalue weighted by atomic mass is 35.5. The van der Waals surface area contributed by atoms with E-state index >= 15 is 0 Å². The van der Waals surface area contributed by atoms with E-state index in [4.69, 9.17) is 46.9 Å². The monoisotopic (exact) mass is 743 g/mol. The molecule has 1 atom stereocenters. The molecule has 0 unspecified atom stereocenters. The highest BCUT2D eigenvalue weighted by molar-refractivity contribution is 7.92. The van der Waals surface area contributed by atoms with E-state index in [1.165, 1.54) is 60.2 Å². The molecule has 1 saturated carbocycles. The normalized spacial score (nSPS) is 15.9. The molecular weight excluding hydrogens is 707 g/mol. The smallest absolute Gasteiger partial charge is 0.387 e. The lowest BCUT2D eigenvalue weighted by Crippen LogP contribution is -2.43. The Bertz CT molecular complexity index is 1710. The second-order valence-electron chi connectivity index (χ2n) is 11.7. The summed E-state index contributed by atoms with van der Waals surface area (Å²) in [4.78, 5) is 20.0. The van der Waals surface area contributed by atoms with Crippen LogP contribution in [-0.4, -0.2) is 90.2 Å². The van der Waals surface area contributed by atoms with E-state index < -0.39 is 28.7 Å². The topological polar surface area (TPSA) is 117 Å². The Morgan fingerprint density at radius 3 is 2.43 bits per heavy atom. The van der Waals surface area contributed by atoms with Gasteiger partial charge in [-0.25, -0.2) is 13.2 Å². The molecule has 5 rings (SSSR count). The number of alkyl halides is 2. The fourth-order valence-electron chi connectivity index (χ4n) is 5.27. The minimum atomic E-state index is -3.77. The van der Waals surface area contributed by atoms with Gasteiger partial charge in [-0.3, -0.25) is 14.2 Å². The van der Waals surface area contributed by atoms with Crippen molar-refractivity contribution in [1.29, 1.82) is 0 Å². The van der Waals surface area contributed by atoms with Gasteiger partial charge in [0.2, 0.25) is 10.0 Å². The van der Waals surface area contributed by atoms with Crippen molar-refractivity contribution >= 4 is 44.9 Å². The largest absolute Gasteiger partial charge is 0.497 e. The van der Waals surface area contributed by atoms with Gasteiger partial charge in [-0.2, -0.15) is 8.78 Å². The maximum Gasteiger partial charge on any atom is 0.387 e. The van der Waals surface area contributed by atoms with Crippen LogP contribution in [-0.2, 0) is 25.9 Å². The number of benzene rings is 2. The Balaban J connectivity index is 1.48. The number of hydrogen-bond acceptors (Lipinski definition) is 10. The van der Waals surface area contributed by atoms with Crippen LogP contribution in [0.5, 0.6) is 17.2 Å². The van der Waals surface area contributed by atoms with Gasteiger partial charge in [0.25, 0.3) is 0 Å². The molecule has 2 aliphatic rings. The van der Waals surface area contributed by atoms with Crippen molar-refractivity contribution < 1.29 is 45.7 Å². The van der Waals surface area contributed by atoms with Crippen molar-refractivity contribution in [3.8, 4) is 17.2 Å². The summed E-state index contributed by atoms with van der Waals surface area (Å²) in [7, 11) is -2.38. The van der Waals surface area contributed by atoms with Gasteiger partial charge in [0.1, 0.15) is 11.9 Å². The number of esters is 1. The predicted molar refractivity (Wildman–Crippen MR) is 180 cm³/mol. The Morgan fingerprint density at radius 1 is 1.08 bits per heavy atom. The van der Waals surface area contributed by atoms with E-state index in [9.17, 15) is 22.0 Å². The predicted octanol–water partition coefficient (Wildman–Crippen LogP) is 6.03. The molecule has 1 aromatic heterocycles. The van der Waals surface area contributed by atoms with E-state index in [1.807, 2.05) is 0 Å². The van der Waals surface area contributed by atoms with Crippen molar-refractivity contribution in [1.82, 2.24) is 9.88 Å². The number of methoxy groups -OCH3 is 1. The molecule has 1 aliphatic heterocycles. The van der Waals surface area contributed by atoms with Crippen LogP contribution in [0.1, 0.15) is 40.4 Å². The first-order valence-electron chi connectivity index (χ1n) is 15.6. The van der Waals surface area contributed by atoms with Crippen LogP contribution in [0.3, 0.4) is 0 Å². The molecule has 1 saturated heterocycles. The summed E-state index contributed by atoms with van der Waals surface area (Å²) in [6.45, 7) is 0.246. The van der Waals surface area contributed by atoms with Crippen molar-refractivity contribution in [3.63, 3.8) is 0 Å². The maximum atomic E-state index is 13.9. The van der Waals surface area contributed by atoms with Gasteiger partial charge in [0.05, 0.1) is 54.5 Å². The van der Waals surface area contributed by atoms with Crippen LogP contribution in [0.15, 0.2) is 48.8 Å². The average molecular weight is 745 g/mol. The molecule has 2 heterocycles. The van der Waals surface area contributed by atoms with E-state index in [1.54, 1.807) is 0 Å². The number of carbonyl (C=O) groups excluding carboxylic acids is 1. The minimum absolute atomic E-state index is 0.00848. The minimum Gasteiger partial charge on any atom is -0.497 e. The lowest BCUT2D eigenvalue weighted by molar-refractivity contribution is -0.0515. The number of aromatic nitrogens is 1. The summed E-state index contributed by atoms with van der Waals surface area (Å²) in [5, 5.41) is 0.452. The Labute approximate surface area is 294 Å². The number of hydrogen-bond donors (Lipinski definition) is 0. The molecule has 0 N–H and O–H groups in total. The first-order valence-corrected chi connectivity index (χ1v) is 18.2. The molecule has 11 nitrogen and oxygen atoms in total. The van der Waals surface area contributed by atoms with Crippen LogP contribution in [0.4, 0.5) is 14.5 Å². The number of pyridine rings is 1. The standard InChI is InChI=1S/C33H37Cl2F2N3O8S/c1-44-25-14-23(13-24(16-25)40(49(2,42)43)8-7-39-9-11-45-12-10-39)32(41)47-30(17-26-27(34)18-38-19-28(26)35)22-5-6-29(48-33(36)37)31(15-22)46-20-21-3-4-21/h5-6,13-16,18-19,21,30,33H,3-4,7-12,17,20H2,1-2H3/t30-/m0/s1. The third kappa shape index (κ3) is 10.3. The van der Waals surface area contributed by atoms with Crippen molar-refractivity contribution in [2.24, 2.45) is 5.92 Å². The molecule has 2 aromatic carbocycles. The van der Waals surface area contributed by atoms with Gasteiger partial charge in [0, 0.05) is 51.1 Å². The van der Waals surface area contributed by atoms with Gasteiger partial charge < -0.3 is 23.7 Å². The zero-order valence-electron chi connectivity index (χ0n) is 26.9. The van der Waals surface area contributed by atoms with Crippen molar-refractivity contribution in [3.05, 3.63) is 75.5 Å².